The van der Waals surface area contributed by atoms with Crippen molar-refractivity contribution in [3.63, 3.8) is 0 Å². The molecule has 0 bridgehead atoms. The minimum absolute atomic E-state index is 0.114. The van der Waals surface area contributed by atoms with Gasteiger partial charge in [0, 0.05) is 18.1 Å². The van der Waals surface area contributed by atoms with Crippen LogP contribution in [0.3, 0.4) is 0 Å². The van der Waals surface area contributed by atoms with E-state index in [1.807, 2.05) is 48.5 Å². The number of ether oxygens (including phenoxy) is 1. The highest BCUT2D eigenvalue weighted by Crippen LogP contribution is 2.30. The number of H-pyrrole nitrogens is 1. The van der Waals surface area contributed by atoms with Gasteiger partial charge in [-0.15, -0.1) is 0 Å². The van der Waals surface area contributed by atoms with Crippen LogP contribution in [0.1, 0.15) is 41.4 Å². The minimum Gasteiger partial charge on any atom is -0.370 e. The van der Waals surface area contributed by atoms with Crippen LogP contribution < -0.4 is 0 Å². The SMILES string of the molecule is CCCc1n[nH]c(COCc2ccccc2)c1Cc1ccc(-c2ccccc2[N+](=O)[O-])cc1. The molecular formula is C27H27N3O3. The van der Waals surface area contributed by atoms with Crippen LogP contribution in [0.25, 0.3) is 11.1 Å². The molecule has 0 aliphatic carbocycles. The molecule has 168 valence electrons. The van der Waals surface area contributed by atoms with Crippen LogP contribution in [-0.2, 0) is 30.8 Å². The lowest BCUT2D eigenvalue weighted by molar-refractivity contribution is -0.384. The Bertz CT molecular complexity index is 1200. The molecule has 6 nitrogen and oxygen atoms in total. The Morgan fingerprint density at radius 3 is 2.36 bits per heavy atom. The summed E-state index contributed by atoms with van der Waals surface area (Å²) < 4.78 is 5.95. The van der Waals surface area contributed by atoms with Gasteiger partial charge in [0.15, 0.2) is 0 Å². The molecule has 6 heteroatoms. The number of para-hydroxylation sites is 1. The van der Waals surface area contributed by atoms with E-state index in [0.717, 1.165) is 47.3 Å². The normalized spacial score (nSPS) is 10.9. The highest BCUT2D eigenvalue weighted by molar-refractivity contribution is 5.73. The van der Waals surface area contributed by atoms with Gasteiger partial charge in [0.2, 0.25) is 0 Å². The molecule has 0 aliphatic heterocycles. The number of nitro groups is 1. The van der Waals surface area contributed by atoms with E-state index in [9.17, 15) is 10.1 Å². The van der Waals surface area contributed by atoms with E-state index in [1.165, 1.54) is 11.6 Å². The first-order valence-electron chi connectivity index (χ1n) is 11.1. The average molecular weight is 442 g/mol. The first-order valence-corrected chi connectivity index (χ1v) is 11.1. The third-order valence-corrected chi connectivity index (χ3v) is 5.63. The molecule has 4 aromatic rings. The smallest absolute Gasteiger partial charge is 0.277 e. The van der Waals surface area contributed by atoms with E-state index in [4.69, 9.17) is 4.74 Å². The molecule has 0 spiro atoms. The Balaban J connectivity index is 1.51. The maximum Gasteiger partial charge on any atom is 0.277 e. The van der Waals surface area contributed by atoms with Gasteiger partial charge >= 0.3 is 0 Å². The Morgan fingerprint density at radius 1 is 0.909 bits per heavy atom. The van der Waals surface area contributed by atoms with E-state index >= 15 is 0 Å². The third kappa shape index (κ3) is 5.54. The van der Waals surface area contributed by atoms with Crippen molar-refractivity contribution in [1.82, 2.24) is 10.2 Å². The molecule has 1 aromatic heterocycles. The van der Waals surface area contributed by atoms with E-state index < -0.39 is 0 Å². The number of rotatable bonds is 10. The van der Waals surface area contributed by atoms with Gasteiger partial charge in [-0.25, -0.2) is 0 Å². The summed E-state index contributed by atoms with van der Waals surface area (Å²) in [5, 5.41) is 19.1. The lowest BCUT2D eigenvalue weighted by Crippen LogP contribution is -2.01. The summed E-state index contributed by atoms with van der Waals surface area (Å²) in [6.07, 6.45) is 2.64. The molecule has 0 radical (unpaired) electrons. The van der Waals surface area contributed by atoms with Gasteiger partial charge in [-0.2, -0.15) is 5.10 Å². The summed E-state index contributed by atoms with van der Waals surface area (Å²) in [4.78, 5) is 11.0. The van der Waals surface area contributed by atoms with E-state index in [1.54, 1.807) is 12.1 Å². The summed E-state index contributed by atoms with van der Waals surface area (Å²) in [6.45, 7) is 3.16. The van der Waals surface area contributed by atoms with Crippen LogP contribution in [-0.4, -0.2) is 15.1 Å². The quantitative estimate of drug-likeness (QED) is 0.233. The van der Waals surface area contributed by atoms with Crippen LogP contribution in [0.2, 0.25) is 0 Å². The number of aromatic nitrogens is 2. The van der Waals surface area contributed by atoms with Crippen molar-refractivity contribution >= 4 is 5.69 Å². The molecule has 0 aliphatic rings. The van der Waals surface area contributed by atoms with Gasteiger partial charge in [0.1, 0.15) is 0 Å². The Kier molecular flexibility index (Phi) is 7.27. The molecule has 0 amide bonds. The second-order valence-electron chi connectivity index (χ2n) is 8.00. The summed E-state index contributed by atoms with van der Waals surface area (Å²) in [5.41, 5.74) is 7.07. The molecule has 1 N–H and O–H groups in total. The van der Waals surface area contributed by atoms with Crippen molar-refractivity contribution in [3.8, 4) is 11.1 Å². The zero-order valence-electron chi connectivity index (χ0n) is 18.7. The van der Waals surface area contributed by atoms with Gasteiger partial charge in [0.25, 0.3) is 5.69 Å². The number of hydrogen-bond donors (Lipinski definition) is 1. The zero-order valence-corrected chi connectivity index (χ0v) is 18.7. The highest BCUT2D eigenvalue weighted by atomic mass is 16.6. The fourth-order valence-corrected chi connectivity index (χ4v) is 3.94. The number of nitrogens with zero attached hydrogens (tertiary/aromatic N) is 2. The Labute approximate surface area is 193 Å². The largest absolute Gasteiger partial charge is 0.370 e. The number of nitro benzene ring substituents is 1. The van der Waals surface area contributed by atoms with Crippen LogP contribution in [0, 0.1) is 10.1 Å². The van der Waals surface area contributed by atoms with Crippen LogP contribution in [0.5, 0.6) is 0 Å². The summed E-state index contributed by atoms with van der Waals surface area (Å²) in [6, 6.07) is 24.9. The number of nitrogens with one attached hydrogen (secondary N) is 1. The van der Waals surface area contributed by atoms with Crippen LogP contribution >= 0.6 is 0 Å². The van der Waals surface area contributed by atoms with E-state index in [-0.39, 0.29) is 10.6 Å². The molecule has 4 rings (SSSR count). The van der Waals surface area contributed by atoms with Crippen LogP contribution in [0.4, 0.5) is 5.69 Å². The molecule has 0 fully saturated rings. The molecule has 1 heterocycles. The van der Waals surface area contributed by atoms with Crippen molar-refractivity contribution in [3.05, 3.63) is 117 Å². The number of aromatic amines is 1. The second-order valence-corrected chi connectivity index (χ2v) is 8.00. The van der Waals surface area contributed by atoms with Gasteiger partial charge in [-0.05, 0) is 29.2 Å². The summed E-state index contributed by atoms with van der Waals surface area (Å²) in [5.74, 6) is 0. The summed E-state index contributed by atoms with van der Waals surface area (Å²) >= 11 is 0. The fourth-order valence-electron chi connectivity index (χ4n) is 3.94. The Hall–Kier alpha value is -3.77. The number of hydrogen-bond acceptors (Lipinski definition) is 4. The zero-order chi connectivity index (χ0) is 23.0. The van der Waals surface area contributed by atoms with Crippen molar-refractivity contribution in [1.29, 1.82) is 0 Å². The van der Waals surface area contributed by atoms with Crippen molar-refractivity contribution in [2.75, 3.05) is 0 Å². The second kappa shape index (κ2) is 10.7. The fraction of sp³-hybridized carbons (Fsp3) is 0.222. The molecule has 0 unspecified atom stereocenters. The molecule has 0 saturated carbocycles. The summed E-state index contributed by atoms with van der Waals surface area (Å²) in [7, 11) is 0. The molecule has 0 atom stereocenters. The molecule has 33 heavy (non-hydrogen) atoms. The van der Waals surface area contributed by atoms with Gasteiger partial charge < -0.3 is 4.74 Å². The first-order chi connectivity index (χ1) is 16.2. The number of aryl methyl sites for hydroxylation is 1. The average Bonchev–Trinajstić information content (AvgIpc) is 3.21. The Morgan fingerprint density at radius 2 is 1.64 bits per heavy atom. The predicted molar refractivity (Wildman–Crippen MR) is 129 cm³/mol. The van der Waals surface area contributed by atoms with Crippen molar-refractivity contribution in [2.24, 2.45) is 0 Å². The molecule has 3 aromatic carbocycles. The molecule has 0 saturated heterocycles. The van der Waals surface area contributed by atoms with Gasteiger partial charge in [-0.3, -0.25) is 15.2 Å². The maximum absolute atomic E-state index is 11.4. The van der Waals surface area contributed by atoms with Gasteiger partial charge in [-0.1, -0.05) is 80.1 Å². The third-order valence-electron chi connectivity index (χ3n) is 5.63. The van der Waals surface area contributed by atoms with Crippen molar-refractivity contribution < 1.29 is 9.66 Å². The number of benzene rings is 3. The van der Waals surface area contributed by atoms with Crippen molar-refractivity contribution in [2.45, 2.75) is 39.4 Å². The molecular weight excluding hydrogens is 414 g/mol. The maximum atomic E-state index is 11.4. The van der Waals surface area contributed by atoms with E-state index in [0.29, 0.717) is 18.8 Å². The first kappa shape index (κ1) is 22.4. The highest BCUT2D eigenvalue weighted by Gasteiger charge is 2.16. The van der Waals surface area contributed by atoms with E-state index in [2.05, 4.69) is 29.3 Å². The monoisotopic (exact) mass is 441 g/mol. The topological polar surface area (TPSA) is 81.0 Å². The predicted octanol–water partition coefficient (Wildman–Crippen LogP) is 6.25. The van der Waals surface area contributed by atoms with Gasteiger partial charge in [0.05, 0.1) is 35.1 Å². The lowest BCUT2D eigenvalue weighted by atomic mass is 9.97. The van der Waals surface area contributed by atoms with Crippen LogP contribution in [0.15, 0.2) is 78.9 Å². The lowest BCUT2D eigenvalue weighted by Gasteiger charge is -2.09. The minimum atomic E-state index is -0.340. The standard InChI is InChI=1S/C27H27N3O3/c1-2-8-25-24(26(29-28-25)19-33-18-21-9-4-3-5-10-21)17-20-13-15-22(16-14-20)23-11-6-7-12-27(23)30(31)32/h3-7,9-16H,2,8,17-19H2,1H3,(H,28,29).